The molecule has 106 valence electrons. The average molecular weight is 263 g/mol. The van der Waals surface area contributed by atoms with Crippen molar-refractivity contribution in [2.75, 3.05) is 18.0 Å². The Bertz CT molecular complexity index is 423. The van der Waals surface area contributed by atoms with Gasteiger partial charge in [0.25, 0.3) is 0 Å². The van der Waals surface area contributed by atoms with Crippen LogP contribution in [0.3, 0.4) is 0 Å². The number of nitrogens with two attached hydrogens (primary N) is 1. The molecular formula is C15H25N3O. The minimum absolute atomic E-state index is 0.245. The molecule has 1 aromatic heterocycles. The van der Waals surface area contributed by atoms with Crippen LogP contribution >= 0.6 is 0 Å². The summed E-state index contributed by atoms with van der Waals surface area (Å²) in [6, 6.07) is 4.22. The first-order chi connectivity index (χ1) is 8.99. The summed E-state index contributed by atoms with van der Waals surface area (Å²) in [5, 5.41) is 0. The molecule has 19 heavy (non-hydrogen) atoms. The quantitative estimate of drug-likeness (QED) is 0.909. The number of morpholine rings is 1. The summed E-state index contributed by atoms with van der Waals surface area (Å²) < 4.78 is 5.78. The van der Waals surface area contributed by atoms with Crippen molar-refractivity contribution in [3.63, 3.8) is 0 Å². The van der Waals surface area contributed by atoms with E-state index in [4.69, 9.17) is 15.5 Å². The maximum absolute atomic E-state index is 5.80. The highest BCUT2D eigenvalue weighted by Gasteiger charge is 2.23. The van der Waals surface area contributed by atoms with E-state index in [2.05, 4.69) is 44.7 Å². The van der Waals surface area contributed by atoms with E-state index in [-0.39, 0.29) is 12.2 Å². The third-order valence-electron chi connectivity index (χ3n) is 3.46. The summed E-state index contributed by atoms with van der Waals surface area (Å²) in [7, 11) is 0. The van der Waals surface area contributed by atoms with Crippen molar-refractivity contribution in [2.45, 2.75) is 52.4 Å². The van der Waals surface area contributed by atoms with Gasteiger partial charge in [-0.1, -0.05) is 13.8 Å². The van der Waals surface area contributed by atoms with Gasteiger partial charge in [0.2, 0.25) is 0 Å². The first-order valence-electron chi connectivity index (χ1n) is 7.11. The Morgan fingerprint density at radius 2 is 1.95 bits per heavy atom. The molecule has 4 heteroatoms. The summed E-state index contributed by atoms with van der Waals surface area (Å²) in [6.45, 7) is 10.9. The number of nitrogens with zero attached hydrogens (tertiary/aromatic N) is 2. The maximum atomic E-state index is 5.80. The van der Waals surface area contributed by atoms with Gasteiger partial charge in [-0.05, 0) is 37.5 Å². The van der Waals surface area contributed by atoms with E-state index in [1.165, 1.54) is 0 Å². The number of hydrogen-bond acceptors (Lipinski definition) is 4. The molecule has 0 unspecified atom stereocenters. The van der Waals surface area contributed by atoms with Crippen LogP contribution in [0.2, 0.25) is 0 Å². The Hall–Kier alpha value is -1.13. The lowest BCUT2D eigenvalue weighted by Gasteiger charge is -2.36. The third-order valence-corrected chi connectivity index (χ3v) is 3.46. The molecule has 2 rings (SSSR count). The van der Waals surface area contributed by atoms with Crippen molar-refractivity contribution in [3.8, 4) is 0 Å². The molecule has 0 bridgehead atoms. The lowest BCUT2D eigenvalue weighted by atomic mass is 10.1. The van der Waals surface area contributed by atoms with E-state index < -0.39 is 0 Å². The Kier molecular flexibility index (Phi) is 4.42. The standard InChI is InChI=1S/C15H25N3O/c1-10(2)14-5-13(7-16)6-15(17-14)18-8-11(3)19-12(4)9-18/h5-6,10-12H,7-9,16H2,1-4H3/t11-,12+. The fourth-order valence-corrected chi connectivity index (χ4v) is 2.53. The lowest BCUT2D eigenvalue weighted by Crippen LogP contribution is -2.46. The van der Waals surface area contributed by atoms with Crippen LogP contribution in [0, 0.1) is 0 Å². The first-order valence-corrected chi connectivity index (χ1v) is 7.11. The van der Waals surface area contributed by atoms with Gasteiger partial charge in [-0.3, -0.25) is 0 Å². The second kappa shape index (κ2) is 5.88. The van der Waals surface area contributed by atoms with E-state index in [1.807, 2.05) is 0 Å². The Labute approximate surface area is 116 Å². The molecule has 1 aromatic rings. The van der Waals surface area contributed by atoms with Crippen LogP contribution in [0.4, 0.5) is 5.82 Å². The molecule has 0 radical (unpaired) electrons. The zero-order chi connectivity index (χ0) is 14.0. The monoisotopic (exact) mass is 263 g/mol. The van der Waals surface area contributed by atoms with Gasteiger partial charge >= 0.3 is 0 Å². The third kappa shape index (κ3) is 3.45. The van der Waals surface area contributed by atoms with E-state index in [0.29, 0.717) is 12.5 Å². The molecule has 1 aliphatic heterocycles. The first kappa shape index (κ1) is 14.3. The number of aromatic nitrogens is 1. The van der Waals surface area contributed by atoms with Crippen molar-refractivity contribution in [2.24, 2.45) is 5.73 Å². The summed E-state index contributed by atoms with van der Waals surface area (Å²) in [5.74, 6) is 1.45. The van der Waals surface area contributed by atoms with E-state index in [0.717, 1.165) is 30.2 Å². The Morgan fingerprint density at radius 1 is 1.32 bits per heavy atom. The van der Waals surface area contributed by atoms with Gasteiger partial charge in [-0.2, -0.15) is 0 Å². The summed E-state index contributed by atoms with van der Waals surface area (Å²) in [6.07, 6.45) is 0.490. The smallest absolute Gasteiger partial charge is 0.129 e. The Balaban J connectivity index is 2.30. The molecule has 0 spiro atoms. The zero-order valence-electron chi connectivity index (χ0n) is 12.4. The van der Waals surface area contributed by atoms with Gasteiger partial charge in [-0.15, -0.1) is 0 Å². The summed E-state index contributed by atoms with van der Waals surface area (Å²) in [4.78, 5) is 7.10. The van der Waals surface area contributed by atoms with Crippen LogP contribution in [-0.4, -0.2) is 30.3 Å². The molecule has 0 aliphatic carbocycles. The van der Waals surface area contributed by atoms with E-state index >= 15 is 0 Å². The lowest BCUT2D eigenvalue weighted by molar-refractivity contribution is -0.00547. The number of rotatable bonds is 3. The molecule has 1 saturated heterocycles. The second-order valence-electron chi connectivity index (χ2n) is 5.78. The molecule has 1 aliphatic rings. The molecule has 0 saturated carbocycles. The van der Waals surface area contributed by atoms with Crippen LogP contribution in [-0.2, 0) is 11.3 Å². The molecule has 2 N–H and O–H groups in total. The highest BCUT2D eigenvalue weighted by atomic mass is 16.5. The molecule has 4 nitrogen and oxygen atoms in total. The van der Waals surface area contributed by atoms with Crippen molar-refractivity contribution in [3.05, 3.63) is 23.4 Å². The summed E-state index contributed by atoms with van der Waals surface area (Å²) >= 11 is 0. The number of hydrogen-bond donors (Lipinski definition) is 1. The van der Waals surface area contributed by atoms with Crippen LogP contribution in [0.1, 0.15) is 44.9 Å². The molecule has 1 fully saturated rings. The minimum Gasteiger partial charge on any atom is -0.372 e. The molecule has 2 heterocycles. The van der Waals surface area contributed by atoms with Crippen molar-refractivity contribution >= 4 is 5.82 Å². The fourth-order valence-electron chi connectivity index (χ4n) is 2.53. The van der Waals surface area contributed by atoms with Gasteiger partial charge in [-0.25, -0.2) is 4.98 Å². The van der Waals surface area contributed by atoms with Crippen LogP contribution in [0.5, 0.6) is 0 Å². The van der Waals surface area contributed by atoms with Crippen LogP contribution in [0.15, 0.2) is 12.1 Å². The van der Waals surface area contributed by atoms with Gasteiger partial charge < -0.3 is 15.4 Å². The number of pyridine rings is 1. The van der Waals surface area contributed by atoms with Gasteiger partial charge in [0, 0.05) is 25.3 Å². The minimum atomic E-state index is 0.245. The van der Waals surface area contributed by atoms with E-state index in [9.17, 15) is 0 Å². The zero-order valence-corrected chi connectivity index (χ0v) is 12.4. The number of anilines is 1. The SMILES string of the molecule is CC(C)c1cc(CN)cc(N2C[C@@H](C)O[C@@H](C)C2)n1. The van der Waals surface area contributed by atoms with Crippen molar-refractivity contribution in [1.82, 2.24) is 4.98 Å². The van der Waals surface area contributed by atoms with Gasteiger partial charge in [0.15, 0.2) is 0 Å². The van der Waals surface area contributed by atoms with Crippen molar-refractivity contribution < 1.29 is 4.74 Å². The second-order valence-corrected chi connectivity index (χ2v) is 5.78. The molecular weight excluding hydrogens is 238 g/mol. The molecule has 0 amide bonds. The highest BCUT2D eigenvalue weighted by molar-refractivity contribution is 5.44. The predicted molar refractivity (Wildman–Crippen MR) is 78.4 cm³/mol. The average Bonchev–Trinajstić information content (AvgIpc) is 2.37. The highest BCUT2D eigenvalue weighted by Crippen LogP contribution is 2.23. The maximum Gasteiger partial charge on any atom is 0.129 e. The normalized spacial score (nSPS) is 24.0. The molecule has 0 aromatic carbocycles. The van der Waals surface area contributed by atoms with Crippen molar-refractivity contribution in [1.29, 1.82) is 0 Å². The number of ether oxygens (including phenoxy) is 1. The Morgan fingerprint density at radius 3 is 2.47 bits per heavy atom. The molecule has 2 atom stereocenters. The van der Waals surface area contributed by atoms with Crippen LogP contribution in [0.25, 0.3) is 0 Å². The largest absolute Gasteiger partial charge is 0.372 e. The topological polar surface area (TPSA) is 51.4 Å². The van der Waals surface area contributed by atoms with Crippen LogP contribution < -0.4 is 10.6 Å². The van der Waals surface area contributed by atoms with Gasteiger partial charge in [0.1, 0.15) is 5.82 Å². The summed E-state index contributed by atoms with van der Waals surface area (Å²) in [5.41, 5.74) is 8.07. The van der Waals surface area contributed by atoms with Gasteiger partial charge in [0.05, 0.1) is 12.2 Å². The predicted octanol–water partition coefficient (Wildman–Crippen LogP) is 2.28. The fraction of sp³-hybridized carbons (Fsp3) is 0.667. The van der Waals surface area contributed by atoms with E-state index in [1.54, 1.807) is 0 Å².